The van der Waals surface area contributed by atoms with Crippen LogP contribution in [0.5, 0.6) is 5.75 Å². The van der Waals surface area contributed by atoms with E-state index in [1.54, 1.807) is 0 Å². The fraction of sp³-hybridized carbons (Fsp3) is 0.500. The Morgan fingerprint density at radius 1 is 1.42 bits per heavy atom. The molecule has 1 aromatic carbocycles. The van der Waals surface area contributed by atoms with Gasteiger partial charge in [0.15, 0.2) is 0 Å². The van der Waals surface area contributed by atoms with Crippen LogP contribution in [0.4, 0.5) is 5.69 Å². The van der Waals surface area contributed by atoms with Crippen LogP contribution in [0.1, 0.15) is 20.3 Å². The van der Waals surface area contributed by atoms with Crippen LogP contribution in [0.15, 0.2) is 21.1 Å². The topological polar surface area (TPSA) is 72.6 Å². The molecular weight excluding hydrogens is 382 g/mol. The average Bonchev–Trinajstić information content (AvgIpc) is 2.31. The lowest BCUT2D eigenvalue weighted by molar-refractivity contribution is -0.385. The first-order chi connectivity index (χ1) is 8.73. The predicted octanol–water partition coefficient (Wildman–Crippen LogP) is 3.66. The lowest BCUT2D eigenvalue weighted by atomic mass is 9.66. The summed E-state index contributed by atoms with van der Waals surface area (Å²) in [4.78, 5) is 10.3. The molecule has 1 aliphatic rings. The van der Waals surface area contributed by atoms with Crippen molar-refractivity contribution in [3.05, 3.63) is 31.2 Å². The molecule has 2 rings (SSSR count). The van der Waals surface area contributed by atoms with Gasteiger partial charge in [-0.25, -0.2) is 0 Å². The van der Waals surface area contributed by atoms with Crippen LogP contribution in [0.3, 0.4) is 0 Å². The van der Waals surface area contributed by atoms with Crippen molar-refractivity contribution in [3.8, 4) is 5.75 Å². The molecule has 1 N–H and O–H groups in total. The number of ether oxygens (including phenoxy) is 1. The minimum atomic E-state index is -0.462. The standard InChI is InChI=1S/C12H13Br2NO4/c1-12(2)9(16)5-10(12)19-11-7(13)3-6(15(17)18)4-8(11)14/h3-4,9-10,16H,5H2,1-2H3. The van der Waals surface area contributed by atoms with Gasteiger partial charge in [-0.05, 0) is 31.9 Å². The molecule has 0 aliphatic heterocycles. The minimum Gasteiger partial charge on any atom is -0.487 e. The normalized spacial score (nSPS) is 24.7. The largest absolute Gasteiger partial charge is 0.487 e. The first-order valence-electron chi connectivity index (χ1n) is 5.71. The zero-order valence-corrected chi connectivity index (χ0v) is 13.6. The van der Waals surface area contributed by atoms with Gasteiger partial charge in [-0.3, -0.25) is 10.1 Å². The lowest BCUT2D eigenvalue weighted by Crippen LogP contribution is -2.56. The predicted molar refractivity (Wildman–Crippen MR) is 77.3 cm³/mol. The molecule has 0 spiro atoms. The van der Waals surface area contributed by atoms with Gasteiger partial charge in [0.1, 0.15) is 11.9 Å². The van der Waals surface area contributed by atoms with Gasteiger partial charge in [-0.2, -0.15) is 0 Å². The molecular formula is C12H13Br2NO4. The van der Waals surface area contributed by atoms with Crippen molar-refractivity contribution in [1.82, 2.24) is 0 Å². The van der Waals surface area contributed by atoms with Crippen LogP contribution in [0, 0.1) is 15.5 Å². The maximum atomic E-state index is 10.7. The van der Waals surface area contributed by atoms with Gasteiger partial charge in [-0.1, -0.05) is 13.8 Å². The molecule has 104 valence electrons. The molecule has 0 radical (unpaired) electrons. The van der Waals surface area contributed by atoms with Gasteiger partial charge < -0.3 is 9.84 Å². The van der Waals surface area contributed by atoms with Crippen LogP contribution in [0.2, 0.25) is 0 Å². The van der Waals surface area contributed by atoms with Crippen LogP contribution in [0.25, 0.3) is 0 Å². The van der Waals surface area contributed by atoms with Crippen molar-refractivity contribution in [1.29, 1.82) is 0 Å². The van der Waals surface area contributed by atoms with E-state index < -0.39 is 4.92 Å². The van der Waals surface area contributed by atoms with E-state index in [1.165, 1.54) is 12.1 Å². The number of benzene rings is 1. The molecule has 2 unspecified atom stereocenters. The molecule has 19 heavy (non-hydrogen) atoms. The number of aliphatic hydroxyl groups is 1. The van der Waals surface area contributed by atoms with Crippen molar-refractivity contribution in [2.24, 2.45) is 5.41 Å². The van der Waals surface area contributed by atoms with Gasteiger partial charge in [-0.15, -0.1) is 0 Å². The van der Waals surface area contributed by atoms with Crippen LogP contribution in [-0.4, -0.2) is 22.2 Å². The van der Waals surface area contributed by atoms with Gasteiger partial charge in [0.2, 0.25) is 0 Å². The third-order valence-electron chi connectivity index (χ3n) is 3.58. The molecule has 1 fully saturated rings. The SMILES string of the molecule is CC1(C)C(O)CC1Oc1c(Br)cc([N+](=O)[O-])cc1Br. The van der Waals surface area contributed by atoms with Gasteiger partial charge >= 0.3 is 0 Å². The van der Waals surface area contributed by atoms with Crippen molar-refractivity contribution in [3.63, 3.8) is 0 Å². The number of hydrogen-bond donors (Lipinski definition) is 1. The highest BCUT2D eigenvalue weighted by molar-refractivity contribution is 9.11. The summed E-state index contributed by atoms with van der Waals surface area (Å²) in [6.45, 7) is 3.86. The van der Waals surface area contributed by atoms with Crippen LogP contribution in [-0.2, 0) is 0 Å². The summed E-state index contributed by atoms with van der Waals surface area (Å²) < 4.78 is 6.89. The number of nitro groups is 1. The molecule has 0 heterocycles. The summed E-state index contributed by atoms with van der Waals surface area (Å²) in [5, 5.41) is 20.4. The Hall–Kier alpha value is -0.660. The van der Waals surface area contributed by atoms with Crippen molar-refractivity contribution >= 4 is 37.5 Å². The molecule has 0 bridgehead atoms. The molecule has 2 atom stereocenters. The number of nitro benzene ring substituents is 1. The van der Waals surface area contributed by atoms with E-state index in [0.717, 1.165) is 0 Å². The number of aliphatic hydroxyl groups excluding tert-OH is 1. The summed E-state index contributed by atoms with van der Waals surface area (Å²) in [6.07, 6.45) is 0.0627. The molecule has 0 aromatic heterocycles. The maximum absolute atomic E-state index is 10.7. The highest BCUT2D eigenvalue weighted by atomic mass is 79.9. The Kier molecular flexibility index (Phi) is 3.90. The summed E-state index contributed by atoms with van der Waals surface area (Å²) in [5.41, 5.74) is -0.334. The molecule has 1 aromatic rings. The Bertz CT molecular complexity index is 509. The summed E-state index contributed by atoms with van der Waals surface area (Å²) in [7, 11) is 0. The van der Waals surface area contributed by atoms with Gasteiger partial charge in [0.05, 0.1) is 20.0 Å². The monoisotopic (exact) mass is 393 g/mol. The van der Waals surface area contributed by atoms with Gasteiger partial charge in [0, 0.05) is 24.0 Å². The highest BCUT2D eigenvalue weighted by Gasteiger charge is 2.49. The first kappa shape index (κ1) is 14.7. The van der Waals surface area contributed by atoms with Crippen LogP contribution < -0.4 is 4.74 Å². The number of nitrogens with zero attached hydrogens (tertiary/aromatic N) is 1. The molecule has 0 saturated heterocycles. The molecule has 0 amide bonds. The van der Waals surface area contributed by atoms with E-state index in [2.05, 4.69) is 31.9 Å². The number of non-ortho nitro benzene ring substituents is 1. The smallest absolute Gasteiger partial charge is 0.271 e. The summed E-state index contributed by atoms with van der Waals surface area (Å²) in [5.74, 6) is 0.524. The number of rotatable bonds is 3. The summed E-state index contributed by atoms with van der Waals surface area (Å²) >= 11 is 6.56. The second kappa shape index (κ2) is 5.03. The molecule has 1 aliphatic carbocycles. The molecule has 5 nitrogen and oxygen atoms in total. The Labute approximate surface area is 127 Å². The maximum Gasteiger partial charge on any atom is 0.271 e. The zero-order chi connectivity index (χ0) is 14.4. The lowest BCUT2D eigenvalue weighted by Gasteiger charge is -2.48. The van der Waals surface area contributed by atoms with Gasteiger partial charge in [0.25, 0.3) is 5.69 Å². The average molecular weight is 395 g/mol. The fourth-order valence-corrected chi connectivity index (χ4v) is 3.32. The van der Waals surface area contributed by atoms with Crippen molar-refractivity contribution < 1.29 is 14.8 Å². The molecule has 7 heteroatoms. The van der Waals surface area contributed by atoms with E-state index >= 15 is 0 Å². The number of halogens is 2. The minimum absolute atomic E-state index is 0.0148. The fourth-order valence-electron chi connectivity index (χ4n) is 1.97. The zero-order valence-electron chi connectivity index (χ0n) is 10.4. The third kappa shape index (κ3) is 2.64. The van der Waals surface area contributed by atoms with Crippen molar-refractivity contribution in [2.45, 2.75) is 32.5 Å². The second-order valence-electron chi connectivity index (χ2n) is 5.18. The van der Waals surface area contributed by atoms with E-state index in [0.29, 0.717) is 21.1 Å². The quantitative estimate of drug-likeness (QED) is 0.627. The highest BCUT2D eigenvalue weighted by Crippen LogP contribution is 2.46. The van der Waals surface area contributed by atoms with E-state index in [4.69, 9.17) is 4.74 Å². The second-order valence-corrected chi connectivity index (χ2v) is 6.88. The van der Waals surface area contributed by atoms with Crippen molar-refractivity contribution in [2.75, 3.05) is 0 Å². The van der Waals surface area contributed by atoms with E-state index in [-0.39, 0.29) is 23.3 Å². The Morgan fingerprint density at radius 2 is 1.95 bits per heavy atom. The Morgan fingerprint density at radius 3 is 2.32 bits per heavy atom. The number of hydrogen-bond acceptors (Lipinski definition) is 4. The first-order valence-corrected chi connectivity index (χ1v) is 7.30. The molecule has 1 saturated carbocycles. The summed E-state index contributed by atoms with van der Waals surface area (Å²) in [6, 6.07) is 2.81. The van der Waals surface area contributed by atoms with E-state index in [9.17, 15) is 15.2 Å². The van der Waals surface area contributed by atoms with Crippen LogP contribution >= 0.6 is 31.9 Å². The Balaban J connectivity index is 2.25. The third-order valence-corrected chi connectivity index (χ3v) is 4.76. The van der Waals surface area contributed by atoms with E-state index in [1.807, 2.05) is 13.8 Å².